The summed E-state index contributed by atoms with van der Waals surface area (Å²) in [7, 11) is -2.55. The van der Waals surface area contributed by atoms with Crippen LogP contribution < -0.4 is 4.72 Å². The molecule has 0 aliphatic carbocycles. The van der Waals surface area contributed by atoms with Crippen molar-refractivity contribution >= 4 is 21.3 Å². The number of nitrogens with zero attached hydrogens (tertiary/aromatic N) is 3. The van der Waals surface area contributed by atoms with E-state index in [9.17, 15) is 21.8 Å². The van der Waals surface area contributed by atoms with Gasteiger partial charge < -0.3 is 4.72 Å². The first-order chi connectivity index (χ1) is 15.4. The van der Waals surface area contributed by atoms with E-state index >= 15 is 0 Å². The Hall–Kier alpha value is -3.45. The van der Waals surface area contributed by atoms with Gasteiger partial charge >= 0.3 is 6.18 Å². The van der Waals surface area contributed by atoms with Gasteiger partial charge in [-0.05, 0) is 43.5 Å². The minimum Gasteiger partial charge on any atom is -0.311 e. The summed E-state index contributed by atoms with van der Waals surface area (Å²) in [5.74, 6) is 8.43. The Morgan fingerprint density at radius 2 is 1.88 bits per heavy atom. The Bertz CT molecular complexity index is 1370. The lowest BCUT2D eigenvalue weighted by Gasteiger charge is -2.12. The summed E-state index contributed by atoms with van der Waals surface area (Å²) < 4.78 is 68.9. The number of alkyl halides is 3. The number of nitrogens with one attached hydrogen (secondary N) is 1. The van der Waals surface area contributed by atoms with Crippen molar-refractivity contribution in [3.63, 3.8) is 0 Å². The minimum absolute atomic E-state index is 0.0364. The Balaban J connectivity index is 2.15. The van der Waals surface area contributed by atoms with Crippen molar-refractivity contribution in [3.8, 4) is 23.1 Å². The van der Waals surface area contributed by atoms with E-state index in [4.69, 9.17) is 0 Å². The third kappa shape index (κ3) is 5.87. The fraction of sp³-hybridized carbons (Fsp3) is 0.217. The highest BCUT2D eigenvalue weighted by Gasteiger charge is 2.31. The number of anilines is 1. The second-order valence-corrected chi connectivity index (χ2v) is 9.52. The molecule has 1 unspecified atom stereocenters. The molecular formula is C23H20F4N4OS. The summed E-state index contributed by atoms with van der Waals surface area (Å²) in [4.78, 5) is 12.4. The third-order valence-electron chi connectivity index (χ3n) is 4.55. The van der Waals surface area contributed by atoms with E-state index in [1.165, 1.54) is 18.8 Å². The number of aromatic nitrogens is 3. The molecule has 172 valence electrons. The van der Waals surface area contributed by atoms with Gasteiger partial charge in [0.15, 0.2) is 0 Å². The number of benzene rings is 1. The summed E-state index contributed by atoms with van der Waals surface area (Å²) in [5.41, 5.74) is 0.819. The third-order valence-corrected chi connectivity index (χ3v) is 5.21. The Morgan fingerprint density at radius 3 is 2.52 bits per heavy atom. The van der Waals surface area contributed by atoms with E-state index in [0.717, 1.165) is 6.07 Å². The van der Waals surface area contributed by atoms with E-state index < -0.39 is 27.3 Å². The van der Waals surface area contributed by atoms with Crippen LogP contribution in [0.5, 0.6) is 0 Å². The number of halogens is 4. The van der Waals surface area contributed by atoms with Crippen LogP contribution in [-0.2, 0) is 22.3 Å². The number of aryl methyl sites for hydroxylation is 2. The predicted octanol–water partition coefficient (Wildman–Crippen LogP) is 4.64. The topological polar surface area (TPSA) is 67.8 Å². The molecule has 0 amide bonds. The molecular weight excluding hydrogens is 456 g/mol. The number of pyridine rings is 1. The van der Waals surface area contributed by atoms with Crippen LogP contribution in [0.15, 0.2) is 36.8 Å². The first kappa shape index (κ1) is 24.2. The van der Waals surface area contributed by atoms with E-state index in [2.05, 4.69) is 37.4 Å². The lowest BCUT2D eigenvalue weighted by atomic mass is 10.0. The molecule has 0 fully saturated rings. The van der Waals surface area contributed by atoms with Crippen LogP contribution in [0.2, 0.25) is 0 Å². The van der Waals surface area contributed by atoms with Crippen molar-refractivity contribution in [2.24, 2.45) is 0 Å². The summed E-state index contributed by atoms with van der Waals surface area (Å²) in [6.07, 6.45) is -0.138. The summed E-state index contributed by atoms with van der Waals surface area (Å²) in [6.45, 7) is 3.51. The largest absolute Gasteiger partial charge is 0.416 e. The highest BCUT2D eigenvalue weighted by molar-refractivity contribution is 8.00. The fourth-order valence-electron chi connectivity index (χ4n) is 2.98. The maximum atomic E-state index is 14.5. The molecule has 0 saturated carbocycles. The zero-order chi connectivity index (χ0) is 24.4. The maximum absolute atomic E-state index is 14.5. The molecule has 0 aliphatic heterocycles. The van der Waals surface area contributed by atoms with Gasteiger partial charge in [0.05, 0.1) is 33.9 Å². The molecule has 1 atom stereocenters. The van der Waals surface area contributed by atoms with Crippen molar-refractivity contribution in [2.75, 3.05) is 11.0 Å². The van der Waals surface area contributed by atoms with Gasteiger partial charge in [-0.3, -0.25) is 4.98 Å². The monoisotopic (exact) mass is 476 g/mol. The zero-order valence-corrected chi connectivity index (χ0v) is 18.9. The minimum atomic E-state index is -4.64. The van der Waals surface area contributed by atoms with Crippen molar-refractivity contribution < 1.29 is 21.8 Å². The quantitative estimate of drug-likeness (QED) is 0.339. The van der Waals surface area contributed by atoms with Crippen LogP contribution in [0.25, 0.3) is 11.3 Å². The molecule has 33 heavy (non-hydrogen) atoms. The second kappa shape index (κ2) is 9.19. The highest BCUT2D eigenvalue weighted by atomic mass is 32.2. The molecule has 1 N–H and O–H groups in total. The first-order valence-corrected chi connectivity index (χ1v) is 11.8. The van der Waals surface area contributed by atoms with Crippen LogP contribution in [0.3, 0.4) is 0 Å². The van der Waals surface area contributed by atoms with Crippen LogP contribution in [0.4, 0.5) is 23.2 Å². The van der Waals surface area contributed by atoms with Crippen molar-refractivity contribution in [1.29, 1.82) is 0 Å². The molecule has 0 bridgehead atoms. The molecule has 5 nitrogen and oxygen atoms in total. The summed E-state index contributed by atoms with van der Waals surface area (Å²) >= 11 is 0. The normalized spacial score (nSPS) is 13.1. The van der Waals surface area contributed by atoms with E-state index in [1.807, 2.05) is 0 Å². The van der Waals surface area contributed by atoms with Gasteiger partial charge in [-0.1, -0.05) is 18.8 Å². The standard InChI is InChI=1S/C23H20F4N4OS/c1-5-20-17(8-6-15-10-21(14(2)28-12-15)31-33(3,4)32)22(30-13-29-20)18-11-16(23(25,26)27)7-9-19(18)24/h7,9-13H,3,5H2,1-2,4H3,(H,31,32). The lowest BCUT2D eigenvalue weighted by Crippen LogP contribution is -2.11. The van der Waals surface area contributed by atoms with Gasteiger partial charge in [0.1, 0.15) is 12.1 Å². The second-order valence-electron chi connectivity index (χ2n) is 7.30. The van der Waals surface area contributed by atoms with Gasteiger partial charge in [-0.2, -0.15) is 13.2 Å². The average molecular weight is 476 g/mol. The van der Waals surface area contributed by atoms with Gasteiger partial charge in [0, 0.05) is 33.3 Å². The fourth-order valence-corrected chi connectivity index (χ4v) is 3.65. The van der Waals surface area contributed by atoms with Crippen molar-refractivity contribution in [3.05, 3.63) is 70.7 Å². The van der Waals surface area contributed by atoms with Crippen LogP contribution in [-0.4, -0.2) is 31.3 Å². The van der Waals surface area contributed by atoms with Crippen LogP contribution in [0, 0.1) is 24.6 Å². The SMILES string of the molecule is C=S(C)(=O)Nc1cc(C#Cc2c(CC)ncnc2-c2cc(C(F)(F)F)ccc2F)cnc1C. The number of hydrogen-bond donors (Lipinski definition) is 1. The van der Waals surface area contributed by atoms with Crippen molar-refractivity contribution in [1.82, 2.24) is 15.0 Å². The molecule has 2 aromatic heterocycles. The lowest BCUT2D eigenvalue weighted by molar-refractivity contribution is -0.137. The van der Waals surface area contributed by atoms with E-state index in [1.54, 1.807) is 19.9 Å². The van der Waals surface area contributed by atoms with E-state index in [0.29, 0.717) is 41.2 Å². The molecule has 0 radical (unpaired) electrons. The first-order valence-electron chi connectivity index (χ1n) is 9.68. The Morgan fingerprint density at radius 1 is 1.15 bits per heavy atom. The number of rotatable bonds is 4. The Labute approximate surface area is 189 Å². The number of hydrogen-bond acceptors (Lipinski definition) is 4. The molecule has 0 saturated heterocycles. The van der Waals surface area contributed by atoms with Crippen LogP contribution >= 0.6 is 0 Å². The smallest absolute Gasteiger partial charge is 0.311 e. The zero-order valence-electron chi connectivity index (χ0n) is 18.0. The highest BCUT2D eigenvalue weighted by Crippen LogP contribution is 2.34. The molecule has 0 spiro atoms. The maximum Gasteiger partial charge on any atom is 0.416 e. The summed E-state index contributed by atoms with van der Waals surface area (Å²) in [6, 6.07) is 3.77. The Kier molecular flexibility index (Phi) is 6.74. The van der Waals surface area contributed by atoms with Gasteiger partial charge in [0.25, 0.3) is 0 Å². The molecule has 2 heterocycles. The van der Waals surface area contributed by atoms with Gasteiger partial charge in [-0.15, -0.1) is 0 Å². The van der Waals surface area contributed by atoms with E-state index in [-0.39, 0.29) is 16.8 Å². The summed E-state index contributed by atoms with van der Waals surface area (Å²) in [5, 5.41) is 0. The molecule has 1 aromatic carbocycles. The molecule has 0 aliphatic rings. The molecule has 3 rings (SSSR count). The average Bonchev–Trinajstić information content (AvgIpc) is 2.72. The predicted molar refractivity (Wildman–Crippen MR) is 122 cm³/mol. The van der Waals surface area contributed by atoms with Gasteiger partial charge in [0.2, 0.25) is 0 Å². The van der Waals surface area contributed by atoms with Crippen LogP contribution in [0.1, 0.15) is 35.0 Å². The van der Waals surface area contributed by atoms with Crippen molar-refractivity contribution in [2.45, 2.75) is 26.4 Å². The molecule has 10 heteroatoms. The molecule has 3 aromatic rings. The van der Waals surface area contributed by atoms with Gasteiger partial charge in [-0.25, -0.2) is 18.6 Å².